The van der Waals surface area contributed by atoms with E-state index in [1.54, 1.807) is 4.90 Å². The summed E-state index contributed by atoms with van der Waals surface area (Å²) in [6, 6.07) is 7.72. The molecule has 1 atom stereocenters. The summed E-state index contributed by atoms with van der Waals surface area (Å²) < 4.78 is 11.2. The van der Waals surface area contributed by atoms with Gasteiger partial charge in [0.1, 0.15) is 5.60 Å². The fraction of sp³-hybridized carbons (Fsp3) is 0.533. The van der Waals surface area contributed by atoms with Gasteiger partial charge in [-0.1, -0.05) is 12.1 Å². The Morgan fingerprint density at radius 3 is 2.95 bits per heavy atom. The van der Waals surface area contributed by atoms with Crippen LogP contribution in [0.2, 0.25) is 0 Å². The average Bonchev–Trinajstić information content (AvgIpc) is 2.48. The number of hydrogen-bond donors (Lipinski definition) is 1. The third-order valence-electron chi connectivity index (χ3n) is 4.06. The molecule has 0 aromatic heterocycles. The van der Waals surface area contributed by atoms with Crippen molar-refractivity contribution in [3.63, 3.8) is 0 Å². The maximum atomic E-state index is 12.3. The Morgan fingerprint density at radius 1 is 1.35 bits per heavy atom. The van der Waals surface area contributed by atoms with Crippen LogP contribution in [0.25, 0.3) is 0 Å². The number of amides is 1. The predicted molar refractivity (Wildman–Crippen MR) is 75.6 cm³/mol. The van der Waals surface area contributed by atoms with Crippen molar-refractivity contribution in [2.24, 2.45) is 5.73 Å². The lowest BCUT2D eigenvalue weighted by atomic mass is 9.91. The zero-order valence-corrected chi connectivity index (χ0v) is 11.5. The first kappa shape index (κ1) is 13.4. The van der Waals surface area contributed by atoms with Crippen LogP contribution in [0, 0.1) is 0 Å². The second-order valence-corrected chi connectivity index (χ2v) is 5.48. The summed E-state index contributed by atoms with van der Waals surface area (Å²) in [5.41, 5.74) is 7.10. The topological polar surface area (TPSA) is 64.8 Å². The molecular formula is C15H20N2O3. The largest absolute Gasteiger partial charge is 0.440 e. The Balaban J connectivity index is 1.75. The molecule has 1 aromatic carbocycles. The van der Waals surface area contributed by atoms with Crippen molar-refractivity contribution in [2.45, 2.75) is 31.4 Å². The van der Waals surface area contributed by atoms with E-state index in [9.17, 15) is 4.79 Å². The average molecular weight is 276 g/mol. The van der Waals surface area contributed by atoms with Gasteiger partial charge < -0.3 is 15.2 Å². The van der Waals surface area contributed by atoms with Gasteiger partial charge in [0.05, 0.1) is 6.61 Å². The number of benzene rings is 1. The molecule has 0 saturated carbocycles. The molecule has 2 saturated heterocycles. The molecule has 2 aliphatic heterocycles. The lowest BCUT2D eigenvalue weighted by Gasteiger charge is -2.42. The molecule has 1 spiro atoms. The van der Waals surface area contributed by atoms with E-state index < -0.39 is 5.60 Å². The van der Waals surface area contributed by atoms with Crippen LogP contribution in [-0.4, -0.2) is 31.5 Å². The molecule has 5 heteroatoms. The molecule has 108 valence electrons. The summed E-state index contributed by atoms with van der Waals surface area (Å²) in [5.74, 6) is 0. The molecular weight excluding hydrogens is 256 g/mol. The van der Waals surface area contributed by atoms with Gasteiger partial charge in [0.15, 0.2) is 0 Å². The monoisotopic (exact) mass is 276 g/mol. The first-order chi connectivity index (χ1) is 9.72. The van der Waals surface area contributed by atoms with E-state index in [4.69, 9.17) is 15.2 Å². The van der Waals surface area contributed by atoms with Crippen LogP contribution in [0.3, 0.4) is 0 Å². The Kier molecular flexibility index (Phi) is 3.63. The van der Waals surface area contributed by atoms with Gasteiger partial charge in [-0.05, 0) is 30.5 Å². The molecule has 0 aliphatic carbocycles. The van der Waals surface area contributed by atoms with Crippen LogP contribution in [0.15, 0.2) is 24.3 Å². The fourth-order valence-electron chi connectivity index (χ4n) is 2.89. The summed E-state index contributed by atoms with van der Waals surface area (Å²) in [7, 11) is 0. The van der Waals surface area contributed by atoms with E-state index in [1.807, 2.05) is 24.3 Å². The zero-order chi connectivity index (χ0) is 14.0. The highest BCUT2D eigenvalue weighted by atomic mass is 16.6. The van der Waals surface area contributed by atoms with E-state index in [-0.39, 0.29) is 6.09 Å². The summed E-state index contributed by atoms with van der Waals surface area (Å²) in [6.45, 7) is 2.42. The number of carbonyl (C=O) groups is 1. The van der Waals surface area contributed by atoms with Gasteiger partial charge >= 0.3 is 6.09 Å². The van der Waals surface area contributed by atoms with Crippen molar-refractivity contribution >= 4 is 11.8 Å². The zero-order valence-electron chi connectivity index (χ0n) is 11.5. The number of anilines is 1. The van der Waals surface area contributed by atoms with Gasteiger partial charge in [-0.3, -0.25) is 4.90 Å². The van der Waals surface area contributed by atoms with E-state index in [0.29, 0.717) is 19.7 Å². The molecule has 1 aromatic rings. The minimum absolute atomic E-state index is 0.282. The third-order valence-corrected chi connectivity index (χ3v) is 4.06. The lowest BCUT2D eigenvalue weighted by Crippen LogP contribution is -2.53. The number of carbonyl (C=O) groups excluding carboxylic acids is 1. The van der Waals surface area contributed by atoms with Crippen LogP contribution in [0.5, 0.6) is 0 Å². The van der Waals surface area contributed by atoms with E-state index >= 15 is 0 Å². The highest BCUT2D eigenvalue weighted by Crippen LogP contribution is 2.33. The maximum absolute atomic E-state index is 12.3. The molecule has 2 N–H and O–H groups in total. The van der Waals surface area contributed by atoms with Crippen molar-refractivity contribution in [2.75, 3.05) is 24.7 Å². The normalized spacial score (nSPS) is 26.6. The Morgan fingerprint density at radius 2 is 2.25 bits per heavy atom. The summed E-state index contributed by atoms with van der Waals surface area (Å²) in [5, 5.41) is 0. The lowest BCUT2D eigenvalue weighted by molar-refractivity contribution is -0.100. The molecule has 2 heterocycles. The van der Waals surface area contributed by atoms with Crippen LogP contribution < -0.4 is 10.6 Å². The Bertz CT molecular complexity index is 498. The first-order valence-electron chi connectivity index (χ1n) is 7.10. The van der Waals surface area contributed by atoms with Crippen molar-refractivity contribution in [3.8, 4) is 0 Å². The molecule has 0 radical (unpaired) electrons. The van der Waals surface area contributed by atoms with Crippen molar-refractivity contribution in [1.29, 1.82) is 0 Å². The highest BCUT2D eigenvalue weighted by molar-refractivity contribution is 5.88. The van der Waals surface area contributed by atoms with E-state index in [2.05, 4.69) is 0 Å². The molecule has 2 fully saturated rings. The molecule has 5 nitrogen and oxygen atoms in total. The second kappa shape index (κ2) is 5.42. The van der Waals surface area contributed by atoms with Crippen molar-refractivity contribution in [3.05, 3.63) is 29.8 Å². The molecule has 1 unspecified atom stereocenters. The molecule has 2 aliphatic rings. The molecule has 20 heavy (non-hydrogen) atoms. The molecule has 1 amide bonds. The first-order valence-corrected chi connectivity index (χ1v) is 7.10. The smallest absolute Gasteiger partial charge is 0.414 e. The van der Waals surface area contributed by atoms with Gasteiger partial charge in [-0.25, -0.2) is 4.79 Å². The third kappa shape index (κ3) is 2.51. The number of hydrogen-bond acceptors (Lipinski definition) is 4. The Labute approximate surface area is 118 Å². The van der Waals surface area contributed by atoms with Crippen LogP contribution in [0.4, 0.5) is 10.5 Å². The number of rotatable bonds is 2. The maximum Gasteiger partial charge on any atom is 0.414 e. The van der Waals surface area contributed by atoms with Crippen LogP contribution >= 0.6 is 0 Å². The SMILES string of the molecule is NCc1cccc(N2CCC3(CCCOC3)OC2=O)c1. The van der Waals surface area contributed by atoms with Gasteiger partial charge in [-0.15, -0.1) is 0 Å². The second-order valence-electron chi connectivity index (χ2n) is 5.48. The standard InChI is InChI=1S/C15H20N2O3/c16-10-12-3-1-4-13(9-12)17-7-6-15(20-14(17)18)5-2-8-19-11-15/h1,3-4,9H,2,5-8,10-11,16H2. The van der Waals surface area contributed by atoms with Gasteiger partial charge in [0.25, 0.3) is 0 Å². The molecule has 3 rings (SSSR count). The van der Waals surface area contributed by atoms with Gasteiger partial charge in [0, 0.05) is 31.8 Å². The molecule has 0 bridgehead atoms. The number of nitrogens with two attached hydrogens (primary N) is 1. The van der Waals surface area contributed by atoms with Gasteiger partial charge in [0.2, 0.25) is 0 Å². The quantitative estimate of drug-likeness (QED) is 0.897. The number of ether oxygens (including phenoxy) is 2. The van der Waals surface area contributed by atoms with Crippen LogP contribution in [0.1, 0.15) is 24.8 Å². The van der Waals surface area contributed by atoms with Gasteiger partial charge in [-0.2, -0.15) is 0 Å². The minimum Gasteiger partial charge on any atom is -0.440 e. The highest BCUT2D eigenvalue weighted by Gasteiger charge is 2.42. The number of nitrogens with zero attached hydrogens (tertiary/aromatic N) is 1. The summed E-state index contributed by atoms with van der Waals surface area (Å²) >= 11 is 0. The van der Waals surface area contributed by atoms with E-state index in [0.717, 1.165) is 37.1 Å². The Hall–Kier alpha value is -1.59. The van der Waals surface area contributed by atoms with Crippen LogP contribution in [-0.2, 0) is 16.0 Å². The van der Waals surface area contributed by atoms with Crippen molar-refractivity contribution in [1.82, 2.24) is 0 Å². The summed E-state index contributed by atoms with van der Waals surface area (Å²) in [6.07, 6.45) is 2.38. The summed E-state index contributed by atoms with van der Waals surface area (Å²) in [4.78, 5) is 14.0. The fourth-order valence-corrected chi connectivity index (χ4v) is 2.89. The van der Waals surface area contributed by atoms with Crippen molar-refractivity contribution < 1.29 is 14.3 Å². The van der Waals surface area contributed by atoms with E-state index in [1.165, 1.54) is 0 Å². The predicted octanol–water partition coefficient (Wildman–Crippen LogP) is 2.04. The minimum atomic E-state index is -0.405.